The van der Waals surface area contributed by atoms with Crippen molar-refractivity contribution < 1.29 is 18.0 Å². The van der Waals surface area contributed by atoms with Crippen LogP contribution in [0.25, 0.3) is 0 Å². The predicted molar refractivity (Wildman–Crippen MR) is 154 cm³/mol. The van der Waals surface area contributed by atoms with E-state index in [0.717, 1.165) is 48.2 Å². The van der Waals surface area contributed by atoms with Crippen molar-refractivity contribution in [1.29, 1.82) is 0 Å². The molecular weight excluding hydrogens is 545 g/mol. The number of nitrogens with one attached hydrogen (secondary N) is 1. The van der Waals surface area contributed by atoms with Crippen LogP contribution in [0.5, 0.6) is 0 Å². The number of hydrogen-bond acceptors (Lipinski definition) is 4. The fraction of sp³-hybridized carbons (Fsp3) is 0.500. The number of amides is 2. The second-order valence-corrected chi connectivity index (χ2v) is 13.0. The lowest BCUT2D eigenvalue weighted by molar-refractivity contribution is -0.139. The lowest BCUT2D eigenvalue weighted by atomic mass is 9.95. The number of carbonyl (C=O) groups excluding carboxylic acids is 2. The molecule has 0 aliphatic heterocycles. The summed E-state index contributed by atoms with van der Waals surface area (Å²) in [5.41, 5.74) is 1.86. The van der Waals surface area contributed by atoms with Crippen molar-refractivity contribution in [3.8, 4) is 0 Å². The van der Waals surface area contributed by atoms with E-state index in [9.17, 15) is 18.0 Å². The van der Waals surface area contributed by atoms with Gasteiger partial charge in [0.05, 0.1) is 11.9 Å². The maximum Gasteiger partial charge on any atom is 0.244 e. The normalized spacial score (nSPS) is 15.2. The van der Waals surface area contributed by atoms with Crippen molar-refractivity contribution in [3.63, 3.8) is 0 Å². The Kier molecular flexibility index (Phi) is 10.5. The van der Waals surface area contributed by atoms with Crippen molar-refractivity contribution in [2.75, 3.05) is 17.1 Å². The number of halogens is 2. The van der Waals surface area contributed by atoms with Gasteiger partial charge in [0.15, 0.2) is 0 Å². The molecule has 1 saturated carbocycles. The topological polar surface area (TPSA) is 86.8 Å². The van der Waals surface area contributed by atoms with Crippen molar-refractivity contribution in [2.45, 2.75) is 77.4 Å². The summed E-state index contributed by atoms with van der Waals surface area (Å²) in [4.78, 5) is 28.5. The van der Waals surface area contributed by atoms with E-state index in [1.165, 1.54) is 4.90 Å². The van der Waals surface area contributed by atoms with E-state index in [4.69, 9.17) is 23.2 Å². The molecule has 38 heavy (non-hydrogen) atoms. The van der Waals surface area contributed by atoms with Crippen LogP contribution in [-0.2, 0) is 26.2 Å². The summed E-state index contributed by atoms with van der Waals surface area (Å²) in [6.07, 6.45) is 6.16. The Balaban J connectivity index is 1.94. The quantitative estimate of drug-likeness (QED) is 0.387. The van der Waals surface area contributed by atoms with Crippen LogP contribution in [0.2, 0.25) is 10.0 Å². The van der Waals surface area contributed by atoms with Crippen molar-refractivity contribution in [1.82, 2.24) is 10.2 Å². The maximum atomic E-state index is 13.8. The second-order valence-electron chi connectivity index (χ2n) is 10.3. The van der Waals surface area contributed by atoms with Gasteiger partial charge in [-0.3, -0.25) is 13.9 Å². The molecule has 208 valence electrons. The summed E-state index contributed by atoms with van der Waals surface area (Å²) in [5.74, 6) is -0.746. The number of carbonyl (C=O) groups is 2. The molecule has 0 spiro atoms. The average molecular weight is 583 g/mol. The Morgan fingerprint density at radius 3 is 2.29 bits per heavy atom. The third-order valence-electron chi connectivity index (χ3n) is 6.98. The van der Waals surface area contributed by atoms with Gasteiger partial charge in [0.1, 0.15) is 12.6 Å². The largest absolute Gasteiger partial charge is 0.352 e. The van der Waals surface area contributed by atoms with Gasteiger partial charge in [-0.05, 0) is 55.0 Å². The Hall–Kier alpha value is -2.29. The Labute approximate surface area is 236 Å². The number of rotatable bonds is 10. The maximum absolute atomic E-state index is 13.8. The van der Waals surface area contributed by atoms with Gasteiger partial charge < -0.3 is 10.2 Å². The first-order chi connectivity index (χ1) is 17.9. The molecule has 0 bridgehead atoms. The van der Waals surface area contributed by atoms with E-state index >= 15 is 0 Å². The zero-order valence-electron chi connectivity index (χ0n) is 22.4. The van der Waals surface area contributed by atoms with E-state index in [2.05, 4.69) is 5.32 Å². The number of hydrogen-bond donors (Lipinski definition) is 1. The molecule has 10 heteroatoms. The Bertz CT molecular complexity index is 1250. The van der Waals surface area contributed by atoms with Gasteiger partial charge in [-0.1, -0.05) is 80.6 Å². The first kappa shape index (κ1) is 30.3. The van der Waals surface area contributed by atoms with Crippen LogP contribution in [0, 0.1) is 0 Å². The lowest BCUT2D eigenvalue weighted by Crippen LogP contribution is -2.53. The Morgan fingerprint density at radius 2 is 1.68 bits per heavy atom. The smallest absolute Gasteiger partial charge is 0.244 e. The number of sulfonamides is 1. The summed E-state index contributed by atoms with van der Waals surface area (Å²) in [6.45, 7) is 5.17. The van der Waals surface area contributed by atoms with Crippen LogP contribution in [0.15, 0.2) is 42.5 Å². The van der Waals surface area contributed by atoms with Gasteiger partial charge >= 0.3 is 0 Å². The molecule has 1 N–H and O–H groups in total. The highest BCUT2D eigenvalue weighted by atomic mass is 35.5. The molecule has 0 aromatic heterocycles. The van der Waals surface area contributed by atoms with Crippen LogP contribution in [0.4, 0.5) is 5.69 Å². The van der Waals surface area contributed by atoms with Gasteiger partial charge in [-0.2, -0.15) is 0 Å². The molecule has 7 nitrogen and oxygen atoms in total. The summed E-state index contributed by atoms with van der Waals surface area (Å²) in [6, 6.07) is 11.3. The third-order valence-corrected chi connectivity index (χ3v) is 8.69. The monoisotopic (exact) mass is 581 g/mol. The fourth-order valence-electron chi connectivity index (χ4n) is 4.78. The summed E-state index contributed by atoms with van der Waals surface area (Å²) >= 11 is 12.5. The Morgan fingerprint density at radius 1 is 1.03 bits per heavy atom. The molecular formula is C28H37Cl2N3O4S. The molecule has 1 aliphatic rings. The van der Waals surface area contributed by atoms with Crippen LogP contribution >= 0.6 is 23.2 Å². The van der Waals surface area contributed by atoms with Gasteiger partial charge in [0.25, 0.3) is 0 Å². The number of benzene rings is 2. The summed E-state index contributed by atoms with van der Waals surface area (Å²) < 4.78 is 27.0. The van der Waals surface area contributed by atoms with Crippen molar-refractivity contribution in [2.24, 2.45) is 0 Å². The molecule has 0 radical (unpaired) electrons. The second kappa shape index (κ2) is 13.2. The van der Waals surface area contributed by atoms with E-state index < -0.39 is 28.5 Å². The molecule has 0 heterocycles. The van der Waals surface area contributed by atoms with E-state index in [-0.39, 0.29) is 24.4 Å². The minimum Gasteiger partial charge on any atom is -0.352 e. The van der Waals surface area contributed by atoms with Gasteiger partial charge in [-0.25, -0.2) is 8.42 Å². The third kappa shape index (κ3) is 7.87. The highest BCUT2D eigenvalue weighted by Crippen LogP contribution is 2.30. The molecule has 2 aromatic carbocycles. The van der Waals surface area contributed by atoms with Crippen LogP contribution in [0.1, 0.15) is 69.9 Å². The van der Waals surface area contributed by atoms with Crippen LogP contribution in [0.3, 0.4) is 0 Å². The van der Waals surface area contributed by atoms with E-state index in [0.29, 0.717) is 21.3 Å². The summed E-state index contributed by atoms with van der Waals surface area (Å²) in [7, 11) is -3.82. The first-order valence-electron chi connectivity index (χ1n) is 13.0. The van der Waals surface area contributed by atoms with Crippen LogP contribution < -0.4 is 9.62 Å². The standard InChI is InChI=1S/C28H37Cl2N3O4S/c1-19(2)24-12-8-9-13-26(24)33(38(4,36)37)18-27(34)32(17-21-14-15-22(29)16-25(21)30)20(3)28(35)31-23-10-6-5-7-11-23/h8-9,12-16,19-20,23H,5-7,10-11,17-18H2,1-4H3,(H,31,35)/t20-/m0/s1. The molecule has 2 aromatic rings. The molecule has 1 aliphatic carbocycles. The minimum atomic E-state index is -3.82. The molecule has 0 saturated heterocycles. The van der Waals surface area contributed by atoms with Crippen molar-refractivity contribution in [3.05, 3.63) is 63.6 Å². The first-order valence-corrected chi connectivity index (χ1v) is 15.6. The lowest BCUT2D eigenvalue weighted by Gasteiger charge is -2.33. The van der Waals surface area contributed by atoms with Gasteiger partial charge in [-0.15, -0.1) is 0 Å². The van der Waals surface area contributed by atoms with Crippen LogP contribution in [-0.4, -0.2) is 50.0 Å². The highest BCUT2D eigenvalue weighted by Gasteiger charge is 2.32. The zero-order chi connectivity index (χ0) is 28.0. The summed E-state index contributed by atoms with van der Waals surface area (Å²) in [5, 5.41) is 3.90. The zero-order valence-corrected chi connectivity index (χ0v) is 24.7. The van der Waals surface area contributed by atoms with Gasteiger partial charge in [0.2, 0.25) is 21.8 Å². The molecule has 2 amide bonds. The number of anilines is 1. The van der Waals surface area contributed by atoms with Gasteiger partial charge in [0, 0.05) is 22.6 Å². The minimum absolute atomic E-state index is 0.0253. The SMILES string of the molecule is CC(C)c1ccccc1N(CC(=O)N(Cc1ccc(Cl)cc1Cl)[C@@H](C)C(=O)NC1CCCCC1)S(C)(=O)=O. The fourth-order valence-corrected chi connectivity index (χ4v) is 6.12. The average Bonchev–Trinajstić information content (AvgIpc) is 2.86. The molecule has 3 rings (SSSR count). The molecule has 1 atom stereocenters. The molecule has 1 fully saturated rings. The number of nitrogens with zero attached hydrogens (tertiary/aromatic N) is 2. The van der Waals surface area contributed by atoms with E-state index in [1.54, 1.807) is 37.3 Å². The highest BCUT2D eigenvalue weighted by molar-refractivity contribution is 7.92. The number of para-hydroxylation sites is 1. The molecule has 0 unspecified atom stereocenters. The van der Waals surface area contributed by atoms with E-state index in [1.807, 2.05) is 26.0 Å². The van der Waals surface area contributed by atoms with Crippen molar-refractivity contribution >= 4 is 50.7 Å². The predicted octanol–water partition coefficient (Wildman–Crippen LogP) is 5.75.